The van der Waals surface area contributed by atoms with E-state index in [1.54, 1.807) is 26.4 Å². The molecule has 0 unspecified atom stereocenters. The number of rotatable bonds is 4. The van der Waals surface area contributed by atoms with Crippen LogP contribution >= 0.6 is 15.9 Å². The number of halogens is 1. The molecule has 0 amide bonds. The molecule has 1 aliphatic carbocycles. The number of anilines is 1. The molecule has 1 fully saturated rings. The van der Waals surface area contributed by atoms with Gasteiger partial charge in [-0.3, -0.25) is 0 Å². The van der Waals surface area contributed by atoms with Gasteiger partial charge in [-0.25, -0.2) is 13.4 Å². The molecule has 1 aliphatic rings. The van der Waals surface area contributed by atoms with E-state index in [-0.39, 0.29) is 10.9 Å². The summed E-state index contributed by atoms with van der Waals surface area (Å²) < 4.78 is 27.2. The standard InChI is InChI=1S/C11H16BrN3O2S/c1-13-11-10(6-8(12)7-14-11)18(16,17)15(2)9-4-3-5-9/h6-7,9H,3-5H2,1-2H3,(H,13,14). The zero-order chi connectivity index (χ0) is 13.3. The van der Waals surface area contributed by atoms with Crippen LogP contribution in [0.15, 0.2) is 21.6 Å². The first kappa shape index (κ1) is 13.8. The summed E-state index contributed by atoms with van der Waals surface area (Å²) >= 11 is 3.26. The van der Waals surface area contributed by atoms with Gasteiger partial charge in [-0.2, -0.15) is 4.31 Å². The zero-order valence-electron chi connectivity index (χ0n) is 10.4. The lowest BCUT2D eigenvalue weighted by atomic mass is 9.94. The molecule has 0 aliphatic heterocycles. The maximum absolute atomic E-state index is 12.5. The number of nitrogens with one attached hydrogen (secondary N) is 1. The van der Waals surface area contributed by atoms with E-state index in [0.717, 1.165) is 19.3 Å². The molecule has 0 spiro atoms. The molecule has 0 radical (unpaired) electrons. The van der Waals surface area contributed by atoms with E-state index in [9.17, 15) is 8.42 Å². The molecule has 0 saturated heterocycles. The highest BCUT2D eigenvalue weighted by atomic mass is 79.9. The van der Waals surface area contributed by atoms with Crippen LogP contribution in [-0.4, -0.2) is 37.8 Å². The minimum Gasteiger partial charge on any atom is -0.372 e. The number of hydrogen-bond acceptors (Lipinski definition) is 4. The van der Waals surface area contributed by atoms with Crippen molar-refractivity contribution in [3.05, 3.63) is 16.7 Å². The lowest BCUT2D eigenvalue weighted by Crippen LogP contribution is -2.41. The molecule has 1 aromatic rings. The van der Waals surface area contributed by atoms with Gasteiger partial charge in [0.15, 0.2) is 0 Å². The SMILES string of the molecule is CNc1ncc(Br)cc1S(=O)(=O)N(C)C1CCC1. The number of pyridine rings is 1. The Morgan fingerprint density at radius 3 is 2.67 bits per heavy atom. The summed E-state index contributed by atoms with van der Waals surface area (Å²) in [5, 5.41) is 2.82. The predicted molar refractivity (Wildman–Crippen MR) is 74.1 cm³/mol. The Labute approximate surface area is 116 Å². The lowest BCUT2D eigenvalue weighted by Gasteiger charge is -2.34. The fraction of sp³-hybridized carbons (Fsp3) is 0.545. The Morgan fingerprint density at radius 1 is 1.50 bits per heavy atom. The normalized spacial score (nSPS) is 16.7. The average molecular weight is 334 g/mol. The summed E-state index contributed by atoms with van der Waals surface area (Å²) in [6.45, 7) is 0. The second kappa shape index (κ2) is 5.14. The molecule has 5 nitrogen and oxygen atoms in total. The first-order valence-electron chi connectivity index (χ1n) is 5.78. The van der Waals surface area contributed by atoms with Crippen LogP contribution in [0.3, 0.4) is 0 Å². The molecule has 1 N–H and O–H groups in total. The molecule has 2 rings (SSSR count). The van der Waals surface area contributed by atoms with Gasteiger partial charge in [0.05, 0.1) is 0 Å². The van der Waals surface area contributed by atoms with Crippen molar-refractivity contribution in [2.75, 3.05) is 19.4 Å². The van der Waals surface area contributed by atoms with E-state index >= 15 is 0 Å². The largest absolute Gasteiger partial charge is 0.372 e. The van der Waals surface area contributed by atoms with Gasteiger partial charge in [0.1, 0.15) is 10.7 Å². The highest BCUT2D eigenvalue weighted by Gasteiger charge is 2.33. The molecule has 18 heavy (non-hydrogen) atoms. The van der Waals surface area contributed by atoms with Crippen molar-refractivity contribution in [1.82, 2.24) is 9.29 Å². The monoisotopic (exact) mass is 333 g/mol. The van der Waals surface area contributed by atoms with Gasteiger partial charge in [0.2, 0.25) is 10.0 Å². The lowest BCUT2D eigenvalue weighted by molar-refractivity contribution is 0.249. The van der Waals surface area contributed by atoms with Crippen molar-refractivity contribution in [2.24, 2.45) is 0 Å². The topological polar surface area (TPSA) is 62.3 Å². The molecule has 0 atom stereocenters. The fourth-order valence-electron chi connectivity index (χ4n) is 1.91. The second-order valence-corrected chi connectivity index (χ2v) is 7.24. The zero-order valence-corrected chi connectivity index (χ0v) is 12.8. The van der Waals surface area contributed by atoms with Gasteiger partial charge in [-0.05, 0) is 34.8 Å². The first-order valence-corrected chi connectivity index (χ1v) is 8.01. The third kappa shape index (κ3) is 2.39. The van der Waals surface area contributed by atoms with Crippen molar-refractivity contribution in [2.45, 2.75) is 30.2 Å². The molecule has 100 valence electrons. The highest BCUT2D eigenvalue weighted by molar-refractivity contribution is 9.10. The second-order valence-electron chi connectivity index (χ2n) is 4.36. The van der Waals surface area contributed by atoms with E-state index in [4.69, 9.17) is 0 Å². The molecule has 0 bridgehead atoms. The smallest absolute Gasteiger partial charge is 0.246 e. The van der Waals surface area contributed by atoms with Crippen molar-refractivity contribution in [1.29, 1.82) is 0 Å². The van der Waals surface area contributed by atoms with Crippen LogP contribution in [0.2, 0.25) is 0 Å². The Kier molecular flexibility index (Phi) is 3.93. The number of aromatic nitrogens is 1. The third-order valence-corrected chi connectivity index (χ3v) is 5.66. The van der Waals surface area contributed by atoms with Gasteiger partial charge in [0, 0.05) is 30.8 Å². The molecular weight excluding hydrogens is 318 g/mol. The fourth-order valence-corrected chi connectivity index (χ4v) is 3.98. The Hall–Kier alpha value is -0.660. The summed E-state index contributed by atoms with van der Waals surface area (Å²) in [6, 6.07) is 1.71. The summed E-state index contributed by atoms with van der Waals surface area (Å²) in [6.07, 6.45) is 4.55. The maximum atomic E-state index is 12.5. The van der Waals surface area contributed by atoms with Crippen LogP contribution in [0.25, 0.3) is 0 Å². The van der Waals surface area contributed by atoms with Crippen molar-refractivity contribution < 1.29 is 8.42 Å². The summed E-state index contributed by atoms with van der Waals surface area (Å²) in [4.78, 5) is 4.30. The van der Waals surface area contributed by atoms with Gasteiger partial charge in [-0.1, -0.05) is 6.42 Å². The molecule has 1 aromatic heterocycles. The molecule has 1 heterocycles. The van der Waals surface area contributed by atoms with Crippen molar-refractivity contribution in [3.8, 4) is 0 Å². The number of nitrogens with zero attached hydrogens (tertiary/aromatic N) is 2. The Bertz CT molecular complexity index is 543. The highest BCUT2D eigenvalue weighted by Crippen LogP contribution is 2.31. The van der Waals surface area contributed by atoms with Crippen LogP contribution in [0.1, 0.15) is 19.3 Å². The van der Waals surface area contributed by atoms with Crippen LogP contribution < -0.4 is 5.32 Å². The van der Waals surface area contributed by atoms with Gasteiger partial charge in [-0.15, -0.1) is 0 Å². The van der Waals surface area contributed by atoms with E-state index in [2.05, 4.69) is 26.2 Å². The van der Waals surface area contributed by atoms with E-state index < -0.39 is 10.0 Å². The third-order valence-electron chi connectivity index (χ3n) is 3.30. The van der Waals surface area contributed by atoms with E-state index in [0.29, 0.717) is 10.3 Å². The summed E-state index contributed by atoms with van der Waals surface area (Å²) in [7, 11) is -0.182. The Morgan fingerprint density at radius 2 is 2.17 bits per heavy atom. The van der Waals surface area contributed by atoms with Crippen LogP contribution in [-0.2, 0) is 10.0 Å². The number of hydrogen-bond donors (Lipinski definition) is 1. The van der Waals surface area contributed by atoms with Crippen LogP contribution in [0, 0.1) is 0 Å². The number of sulfonamides is 1. The van der Waals surface area contributed by atoms with E-state index in [1.807, 2.05) is 0 Å². The molecular formula is C11H16BrN3O2S. The van der Waals surface area contributed by atoms with Gasteiger partial charge < -0.3 is 5.32 Å². The summed E-state index contributed by atoms with van der Waals surface area (Å²) in [5.74, 6) is 0.379. The van der Waals surface area contributed by atoms with Crippen molar-refractivity contribution >= 4 is 31.8 Å². The molecule has 0 aromatic carbocycles. The van der Waals surface area contributed by atoms with Crippen LogP contribution in [0.4, 0.5) is 5.82 Å². The van der Waals surface area contributed by atoms with Crippen LogP contribution in [0.5, 0.6) is 0 Å². The summed E-state index contributed by atoms with van der Waals surface area (Å²) in [5.41, 5.74) is 0. The minimum atomic E-state index is -3.49. The quantitative estimate of drug-likeness (QED) is 0.916. The Balaban J connectivity index is 2.42. The minimum absolute atomic E-state index is 0.124. The van der Waals surface area contributed by atoms with Crippen molar-refractivity contribution in [3.63, 3.8) is 0 Å². The maximum Gasteiger partial charge on any atom is 0.246 e. The van der Waals surface area contributed by atoms with E-state index in [1.165, 1.54) is 4.31 Å². The molecule has 7 heteroatoms. The van der Waals surface area contributed by atoms with Gasteiger partial charge in [0.25, 0.3) is 0 Å². The average Bonchev–Trinajstić information content (AvgIpc) is 2.26. The molecule has 1 saturated carbocycles. The first-order chi connectivity index (χ1) is 8.46. The predicted octanol–water partition coefficient (Wildman–Crippen LogP) is 2.06. The van der Waals surface area contributed by atoms with Gasteiger partial charge >= 0.3 is 0 Å².